The maximum absolute atomic E-state index is 11.9. The van der Waals surface area contributed by atoms with E-state index in [4.69, 9.17) is 0 Å². The number of halogens is 1. The minimum absolute atomic E-state index is 0.0736. The molecule has 0 saturated carbocycles. The van der Waals surface area contributed by atoms with Crippen molar-refractivity contribution in [3.05, 3.63) is 37.3 Å². The zero-order valence-corrected chi connectivity index (χ0v) is 10.9. The highest BCUT2D eigenvalue weighted by atomic mass is 127. The van der Waals surface area contributed by atoms with Crippen LogP contribution in [-0.4, -0.2) is 19.9 Å². The summed E-state index contributed by atoms with van der Waals surface area (Å²) in [6.07, 6.45) is 1.56. The molecule has 0 N–H and O–H groups in total. The maximum atomic E-state index is 11.9. The summed E-state index contributed by atoms with van der Waals surface area (Å²) >= 11 is 1.96. The second-order valence-electron chi connectivity index (χ2n) is 3.34. The summed E-state index contributed by atoms with van der Waals surface area (Å²) in [5, 5.41) is 7.42. The van der Waals surface area contributed by atoms with Crippen LogP contribution in [-0.2, 0) is 6.54 Å². The molecule has 0 spiro atoms. The second kappa shape index (κ2) is 4.32. The molecular weight excluding hydrogens is 323 g/mol. The first-order valence-electron chi connectivity index (χ1n) is 4.59. The van der Waals surface area contributed by atoms with Crippen molar-refractivity contribution in [2.45, 2.75) is 20.4 Å². The number of hydrogen-bond acceptors (Lipinski definition) is 5. The summed E-state index contributed by atoms with van der Waals surface area (Å²) in [5.41, 5.74) is 1.26. The van der Waals surface area contributed by atoms with Crippen LogP contribution >= 0.6 is 22.6 Å². The highest BCUT2D eigenvalue weighted by Crippen LogP contribution is 2.04. The van der Waals surface area contributed by atoms with Crippen LogP contribution in [0.5, 0.6) is 0 Å². The van der Waals surface area contributed by atoms with E-state index in [9.17, 15) is 4.79 Å². The van der Waals surface area contributed by atoms with Crippen molar-refractivity contribution in [1.29, 1.82) is 0 Å². The Labute approximate surface area is 105 Å². The lowest BCUT2D eigenvalue weighted by atomic mass is 10.3. The summed E-state index contributed by atoms with van der Waals surface area (Å²) in [6, 6.07) is 0. The van der Waals surface area contributed by atoms with Gasteiger partial charge in [0.15, 0.2) is 0 Å². The lowest BCUT2D eigenvalue weighted by molar-refractivity contribution is 0.300. The quantitative estimate of drug-likeness (QED) is 0.764. The standard InChI is InChI=1S/C9H9IN4O2/c1-5-8(13-16-12-5)4-14-6(2)11-3-7(10)9(14)15/h3H,4H2,1-2H3. The Morgan fingerprint density at radius 3 is 2.81 bits per heavy atom. The lowest BCUT2D eigenvalue weighted by Gasteiger charge is -2.06. The minimum atomic E-state index is -0.0736. The van der Waals surface area contributed by atoms with Gasteiger partial charge in [-0.1, -0.05) is 10.3 Å². The third kappa shape index (κ3) is 1.99. The molecule has 0 aliphatic rings. The van der Waals surface area contributed by atoms with Crippen LogP contribution in [0.15, 0.2) is 15.6 Å². The van der Waals surface area contributed by atoms with Crippen molar-refractivity contribution in [3.8, 4) is 0 Å². The fourth-order valence-electron chi connectivity index (χ4n) is 1.28. The Hall–Kier alpha value is -1.25. The number of aryl methyl sites for hydroxylation is 2. The van der Waals surface area contributed by atoms with Crippen LogP contribution < -0.4 is 5.56 Å². The predicted molar refractivity (Wildman–Crippen MR) is 64.1 cm³/mol. The molecule has 2 aromatic heterocycles. The topological polar surface area (TPSA) is 73.8 Å². The average molecular weight is 332 g/mol. The Morgan fingerprint density at radius 1 is 1.44 bits per heavy atom. The molecule has 0 saturated heterocycles. The van der Waals surface area contributed by atoms with Crippen molar-refractivity contribution in [2.24, 2.45) is 0 Å². The number of nitrogens with zero attached hydrogens (tertiary/aromatic N) is 4. The summed E-state index contributed by atoms with van der Waals surface area (Å²) in [5.74, 6) is 0.646. The molecule has 0 fully saturated rings. The van der Waals surface area contributed by atoms with Crippen LogP contribution in [0, 0.1) is 17.4 Å². The third-order valence-corrected chi connectivity index (χ3v) is 3.00. The van der Waals surface area contributed by atoms with Crippen LogP contribution in [0.4, 0.5) is 0 Å². The zero-order valence-electron chi connectivity index (χ0n) is 8.77. The highest BCUT2D eigenvalue weighted by Gasteiger charge is 2.10. The van der Waals surface area contributed by atoms with E-state index in [1.165, 1.54) is 0 Å². The van der Waals surface area contributed by atoms with Gasteiger partial charge in [-0.15, -0.1) is 0 Å². The molecular formula is C9H9IN4O2. The van der Waals surface area contributed by atoms with Crippen LogP contribution in [0.2, 0.25) is 0 Å². The van der Waals surface area contributed by atoms with E-state index in [1.807, 2.05) is 22.6 Å². The molecule has 0 atom stereocenters. The molecule has 16 heavy (non-hydrogen) atoms. The summed E-state index contributed by atoms with van der Waals surface area (Å²) < 4.78 is 6.72. The van der Waals surface area contributed by atoms with Crippen molar-refractivity contribution in [3.63, 3.8) is 0 Å². The van der Waals surface area contributed by atoms with Gasteiger partial charge in [0, 0.05) is 6.20 Å². The third-order valence-electron chi connectivity index (χ3n) is 2.26. The highest BCUT2D eigenvalue weighted by molar-refractivity contribution is 14.1. The number of hydrogen-bond donors (Lipinski definition) is 0. The van der Waals surface area contributed by atoms with Gasteiger partial charge in [-0.2, -0.15) is 0 Å². The van der Waals surface area contributed by atoms with E-state index < -0.39 is 0 Å². The van der Waals surface area contributed by atoms with Gasteiger partial charge in [-0.05, 0) is 36.4 Å². The molecule has 0 unspecified atom stereocenters. The normalized spacial score (nSPS) is 10.7. The Kier molecular flexibility index (Phi) is 3.03. The molecule has 0 radical (unpaired) electrons. The number of aromatic nitrogens is 4. The van der Waals surface area contributed by atoms with Crippen molar-refractivity contribution < 1.29 is 4.63 Å². The summed E-state index contributed by atoms with van der Waals surface area (Å²) in [6.45, 7) is 3.90. The molecule has 7 heteroatoms. The molecule has 0 aromatic carbocycles. The molecule has 2 heterocycles. The van der Waals surface area contributed by atoms with Gasteiger partial charge in [-0.25, -0.2) is 9.61 Å². The monoisotopic (exact) mass is 332 g/mol. The van der Waals surface area contributed by atoms with E-state index in [2.05, 4.69) is 19.9 Å². The minimum Gasteiger partial charge on any atom is -0.290 e. The van der Waals surface area contributed by atoms with E-state index >= 15 is 0 Å². The molecule has 2 aromatic rings. The summed E-state index contributed by atoms with van der Waals surface area (Å²) in [4.78, 5) is 16.0. The molecule has 2 rings (SSSR count). The van der Waals surface area contributed by atoms with Gasteiger partial charge in [0.05, 0.1) is 10.1 Å². The van der Waals surface area contributed by atoms with Crippen molar-refractivity contribution in [1.82, 2.24) is 19.9 Å². The average Bonchev–Trinajstić information content (AvgIpc) is 2.65. The van der Waals surface area contributed by atoms with Crippen LogP contribution in [0.3, 0.4) is 0 Å². The van der Waals surface area contributed by atoms with Gasteiger partial charge in [0.25, 0.3) is 5.56 Å². The molecule has 6 nitrogen and oxygen atoms in total. The first-order chi connectivity index (χ1) is 7.59. The smallest absolute Gasteiger partial charge is 0.267 e. The SMILES string of the molecule is Cc1nonc1Cn1c(C)ncc(I)c1=O. The van der Waals surface area contributed by atoms with Crippen molar-refractivity contribution in [2.75, 3.05) is 0 Å². The Morgan fingerprint density at radius 2 is 2.19 bits per heavy atom. The second-order valence-corrected chi connectivity index (χ2v) is 4.50. The first kappa shape index (κ1) is 11.2. The molecule has 0 aliphatic carbocycles. The van der Waals surface area contributed by atoms with Gasteiger partial charge in [0.1, 0.15) is 17.2 Å². The Bertz CT molecular complexity index is 575. The van der Waals surface area contributed by atoms with Gasteiger partial charge >= 0.3 is 0 Å². The summed E-state index contributed by atoms with van der Waals surface area (Å²) in [7, 11) is 0. The van der Waals surface area contributed by atoms with Gasteiger partial charge < -0.3 is 0 Å². The fourth-order valence-corrected chi connectivity index (χ4v) is 1.71. The fraction of sp³-hybridized carbons (Fsp3) is 0.333. The van der Waals surface area contributed by atoms with Gasteiger partial charge in [-0.3, -0.25) is 9.36 Å². The Balaban J connectivity index is 2.46. The van der Waals surface area contributed by atoms with E-state index in [0.29, 0.717) is 27.3 Å². The van der Waals surface area contributed by atoms with E-state index in [-0.39, 0.29) is 5.56 Å². The zero-order chi connectivity index (χ0) is 11.7. The lowest BCUT2D eigenvalue weighted by Crippen LogP contribution is -2.26. The first-order valence-corrected chi connectivity index (χ1v) is 5.67. The molecule has 0 amide bonds. The molecule has 0 aliphatic heterocycles. The van der Waals surface area contributed by atoms with Gasteiger partial charge in [0.2, 0.25) is 0 Å². The van der Waals surface area contributed by atoms with E-state index in [1.54, 1.807) is 24.6 Å². The largest absolute Gasteiger partial charge is 0.290 e. The number of rotatable bonds is 2. The van der Waals surface area contributed by atoms with Crippen LogP contribution in [0.25, 0.3) is 0 Å². The maximum Gasteiger partial charge on any atom is 0.267 e. The predicted octanol–water partition coefficient (Wildman–Crippen LogP) is 0.896. The van der Waals surface area contributed by atoms with Crippen LogP contribution in [0.1, 0.15) is 17.2 Å². The molecule has 84 valence electrons. The van der Waals surface area contributed by atoms with Crippen molar-refractivity contribution >= 4 is 22.6 Å². The molecule has 0 bridgehead atoms. The van der Waals surface area contributed by atoms with E-state index in [0.717, 1.165) is 0 Å².